The normalized spacial score (nSPS) is 13.9. The Hall–Kier alpha value is -2.75. The number of para-hydroxylation sites is 1. The second-order valence-corrected chi connectivity index (χ2v) is 5.80. The molecule has 1 aliphatic heterocycles. The van der Waals surface area contributed by atoms with E-state index in [1.54, 1.807) is 13.3 Å². The Morgan fingerprint density at radius 1 is 1.22 bits per heavy atom. The Labute approximate surface area is 134 Å². The van der Waals surface area contributed by atoms with Gasteiger partial charge in [0.25, 0.3) is 5.91 Å². The number of hydrogen-bond donors (Lipinski definition) is 1. The van der Waals surface area contributed by atoms with Gasteiger partial charge in [0.15, 0.2) is 0 Å². The van der Waals surface area contributed by atoms with Crippen LogP contribution < -0.4 is 9.64 Å². The predicted molar refractivity (Wildman–Crippen MR) is 91.3 cm³/mol. The number of hydrogen-bond acceptors (Lipinski definition) is 2. The Morgan fingerprint density at radius 2 is 2.09 bits per heavy atom. The van der Waals surface area contributed by atoms with Crippen LogP contribution in [0, 0.1) is 0 Å². The summed E-state index contributed by atoms with van der Waals surface area (Å²) in [5, 5.41) is 0.900. The molecule has 3 aromatic rings. The largest absolute Gasteiger partial charge is 0.497 e. The number of benzene rings is 2. The first-order valence-electron chi connectivity index (χ1n) is 7.83. The van der Waals surface area contributed by atoms with Crippen LogP contribution in [0.1, 0.15) is 22.3 Å². The fourth-order valence-corrected chi connectivity index (χ4v) is 3.29. The van der Waals surface area contributed by atoms with E-state index in [2.05, 4.69) is 11.1 Å². The van der Waals surface area contributed by atoms with Crippen LogP contribution in [0.25, 0.3) is 10.9 Å². The highest BCUT2D eigenvalue weighted by Gasteiger charge is 2.25. The Balaban J connectivity index is 1.78. The second-order valence-electron chi connectivity index (χ2n) is 5.80. The van der Waals surface area contributed by atoms with E-state index in [0.29, 0.717) is 5.56 Å². The Morgan fingerprint density at radius 3 is 2.96 bits per heavy atom. The van der Waals surface area contributed by atoms with Crippen molar-refractivity contribution >= 4 is 22.5 Å². The lowest BCUT2D eigenvalue weighted by atomic mass is 10.0. The van der Waals surface area contributed by atoms with E-state index in [4.69, 9.17) is 4.74 Å². The van der Waals surface area contributed by atoms with Gasteiger partial charge in [-0.3, -0.25) is 4.79 Å². The maximum atomic E-state index is 13.1. The summed E-state index contributed by atoms with van der Waals surface area (Å²) in [5.74, 6) is 0.793. The molecule has 4 heteroatoms. The van der Waals surface area contributed by atoms with Crippen LogP contribution in [0.5, 0.6) is 5.75 Å². The van der Waals surface area contributed by atoms with E-state index in [9.17, 15) is 4.79 Å². The number of aromatic nitrogens is 1. The Kier molecular flexibility index (Phi) is 3.30. The molecule has 1 aromatic heterocycles. The van der Waals surface area contributed by atoms with Gasteiger partial charge in [-0.2, -0.15) is 0 Å². The molecule has 0 radical (unpaired) electrons. The summed E-state index contributed by atoms with van der Waals surface area (Å²) < 4.78 is 5.29. The number of aryl methyl sites for hydroxylation is 1. The van der Waals surface area contributed by atoms with Crippen molar-refractivity contribution in [3.05, 3.63) is 59.8 Å². The minimum absolute atomic E-state index is 0.0386. The summed E-state index contributed by atoms with van der Waals surface area (Å²) in [7, 11) is 1.64. The standard InChI is InChI=1S/C19H18N2O2/c1-23-14-8-9-17-15(11-14)16(12-20-17)19(22)21-10-4-6-13-5-2-3-7-18(13)21/h2-3,5,7-9,11-12,20H,4,6,10H2,1H3. The fraction of sp³-hybridized carbons (Fsp3) is 0.211. The van der Waals surface area contributed by atoms with Crippen LogP contribution in [-0.2, 0) is 6.42 Å². The molecule has 116 valence electrons. The molecule has 0 bridgehead atoms. The number of carbonyl (C=O) groups excluding carboxylic acids is 1. The topological polar surface area (TPSA) is 45.3 Å². The number of amides is 1. The number of carbonyl (C=O) groups is 1. The van der Waals surface area contributed by atoms with E-state index >= 15 is 0 Å². The van der Waals surface area contributed by atoms with Crippen molar-refractivity contribution in [3.63, 3.8) is 0 Å². The highest BCUT2D eigenvalue weighted by atomic mass is 16.5. The first kappa shape index (κ1) is 13.9. The number of methoxy groups -OCH3 is 1. The van der Waals surface area contributed by atoms with Crippen molar-refractivity contribution in [1.29, 1.82) is 0 Å². The van der Waals surface area contributed by atoms with Gasteiger partial charge in [-0.25, -0.2) is 0 Å². The zero-order chi connectivity index (χ0) is 15.8. The lowest BCUT2D eigenvalue weighted by molar-refractivity contribution is 0.0986. The molecular formula is C19H18N2O2. The van der Waals surface area contributed by atoms with Gasteiger partial charge in [0, 0.05) is 29.3 Å². The SMILES string of the molecule is COc1ccc2[nH]cc(C(=O)N3CCCc4ccccc43)c2c1. The monoisotopic (exact) mass is 306 g/mol. The van der Waals surface area contributed by atoms with Gasteiger partial charge < -0.3 is 14.6 Å². The number of nitrogens with one attached hydrogen (secondary N) is 1. The van der Waals surface area contributed by atoms with Gasteiger partial charge in [-0.05, 0) is 42.7 Å². The zero-order valence-electron chi connectivity index (χ0n) is 13.0. The number of nitrogens with zero attached hydrogens (tertiary/aromatic N) is 1. The molecule has 0 fully saturated rings. The first-order chi connectivity index (χ1) is 11.3. The van der Waals surface area contributed by atoms with Gasteiger partial charge in [0.1, 0.15) is 5.75 Å². The average Bonchev–Trinajstić information content (AvgIpc) is 3.03. The molecule has 23 heavy (non-hydrogen) atoms. The van der Waals surface area contributed by atoms with Gasteiger partial charge in [0.2, 0.25) is 0 Å². The van der Waals surface area contributed by atoms with Crippen LogP contribution in [0.2, 0.25) is 0 Å². The lowest BCUT2D eigenvalue weighted by Crippen LogP contribution is -2.35. The van der Waals surface area contributed by atoms with E-state index in [1.807, 2.05) is 41.3 Å². The fourth-order valence-electron chi connectivity index (χ4n) is 3.29. The molecule has 2 aromatic carbocycles. The van der Waals surface area contributed by atoms with Crippen molar-refractivity contribution in [2.45, 2.75) is 12.8 Å². The van der Waals surface area contributed by atoms with Crippen molar-refractivity contribution in [3.8, 4) is 5.75 Å². The number of ether oxygens (including phenoxy) is 1. The van der Waals surface area contributed by atoms with Crippen LogP contribution in [-0.4, -0.2) is 24.5 Å². The highest BCUT2D eigenvalue weighted by molar-refractivity contribution is 6.14. The van der Waals surface area contributed by atoms with Gasteiger partial charge in [-0.1, -0.05) is 18.2 Å². The first-order valence-corrected chi connectivity index (χ1v) is 7.83. The third kappa shape index (κ3) is 2.27. The zero-order valence-corrected chi connectivity index (χ0v) is 13.0. The van der Waals surface area contributed by atoms with Crippen molar-refractivity contribution < 1.29 is 9.53 Å². The number of rotatable bonds is 2. The van der Waals surface area contributed by atoms with E-state index < -0.39 is 0 Å². The summed E-state index contributed by atoms with van der Waals surface area (Å²) in [6.45, 7) is 0.756. The molecule has 1 N–H and O–H groups in total. The van der Waals surface area contributed by atoms with Gasteiger partial charge >= 0.3 is 0 Å². The van der Waals surface area contributed by atoms with Gasteiger partial charge in [-0.15, -0.1) is 0 Å². The minimum atomic E-state index is 0.0386. The third-order valence-corrected chi connectivity index (χ3v) is 4.47. The molecule has 0 spiro atoms. The summed E-state index contributed by atoms with van der Waals surface area (Å²) in [6.07, 6.45) is 3.82. The number of aromatic amines is 1. The molecule has 1 amide bonds. The maximum Gasteiger partial charge on any atom is 0.260 e. The number of fused-ring (bicyclic) bond motifs is 2. The smallest absolute Gasteiger partial charge is 0.260 e. The maximum absolute atomic E-state index is 13.1. The highest BCUT2D eigenvalue weighted by Crippen LogP contribution is 2.30. The second kappa shape index (κ2) is 5.47. The molecule has 0 saturated carbocycles. The van der Waals surface area contributed by atoms with E-state index in [-0.39, 0.29) is 5.91 Å². The average molecular weight is 306 g/mol. The summed E-state index contributed by atoms with van der Waals surface area (Å²) >= 11 is 0. The summed E-state index contributed by atoms with van der Waals surface area (Å²) in [4.78, 5) is 18.2. The van der Waals surface area contributed by atoms with Crippen molar-refractivity contribution in [2.24, 2.45) is 0 Å². The van der Waals surface area contributed by atoms with Crippen LogP contribution in [0.15, 0.2) is 48.7 Å². The third-order valence-electron chi connectivity index (χ3n) is 4.47. The number of H-pyrrole nitrogens is 1. The predicted octanol–water partition coefficient (Wildman–Crippen LogP) is 3.77. The minimum Gasteiger partial charge on any atom is -0.497 e. The van der Waals surface area contributed by atoms with E-state index in [1.165, 1.54) is 5.56 Å². The molecule has 0 aliphatic carbocycles. The van der Waals surface area contributed by atoms with Crippen molar-refractivity contribution in [2.75, 3.05) is 18.6 Å². The summed E-state index contributed by atoms with van der Waals surface area (Å²) in [5.41, 5.74) is 3.90. The molecule has 1 aliphatic rings. The Bertz CT molecular complexity index is 882. The molecule has 0 unspecified atom stereocenters. The lowest BCUT2D eigenvalue weighted by Gasteiger charge is -2.29. The molecule has 4 nitrogen and oxygen atoms in total. The van der Waals surface area contributed by atoms with Crippen LogP contribution in [0.3, 0.4) is 0 Å². The van der Waals surface area contributed by atoms with Crippen LogP contribution >= 0.6 is 0 Å². The van der Waals surface area contributed by atoms with E-state index in [0.717, 1.165) is 41.7 Å². The van der Waals surface area contributed by atoms with Gasteiger partial charge in [0.05, 0.1) is 12.7 Å². The molecular weight excluding hydrogens is 288 g/mol. The molecule has 2 heterocycles. The molecule has 4 rings (SSSR count). The van der Waals surface area contributed by atoms with Crippen molar-refractivity contribution in [1.82, 2.24) is 4.98 Å². The quantitative estimate of drug-likeness (QED) is 0.783. The van der Waals surface area contributed by atoms with Crippen LogP contribution in [0.4, 0.5) is 5.69 Å². The molecule has 0 saturated heterocycles. The number of anilines is 1. The molecule has 0 atom stereocenters. The summed E-state index contributed by atoms with van der Waals surface area (Å²) in [6, 6.07) is 13.9.